The molecule has 1 rings (SSSR count). The van der Waals surface area contributed by atoms with Crippen molar-refractivity contribution in [3.63, 3.8) is 0 Å². The topological polar surface area (TPSA) is 107 Å². The van der Waals surface area contributed by atoms with Crippen LogP contribution in [0, 0.1) is 0 Å². The number of aliphatic carboxylic acids is 1. The number of carboxylic acid groups (broad SMARTS) is 1. The largest absolute Gasteiger partial charge is 0.481 e. The minimum absolute atomic E-state index is 0.129. The standard InChI is InChI=1S/C22H34O6/c1-2-3-8-12-20-19(25)16-21(28-20)18(24)15-14-17(23)11-9-6-4-5-7-10-13-22(26)27/h3,5-9,14-15,17-21,23-25H,2,4,10-13,16H2,1H3,(H,26,27)/b7-5-,8-3-,9-6-,15-14+/t17-,18-,19+,20-,21+/m0/s1. The van der Waals surface area contributed by atoms with Gasteiger partial charge in [0.2, 0.25) is 0 Å². The van der Waals surface area contributed by atoms with Crippen molar-refractivity contribution in [2.24, 2.45) is 0 Å². The van der Waals surface area contributed by atoms with E-state index in [-0.39, 0.29) is 12.5 Å². The lowest BCUT2D eigenvalue weighted by Crippen LogP contribution is -2.24. The van der Waals surface area contributed by atoms with Crippen molar-refractivity contribution in [3.05, 3.63) is 48.6 Å². The number of aliphatic hydroxyl groups is 3. The van der Waals surface area contributed by atoms with E-state index in [0.717, 1.165) is 6.42 Å². The molecule has 0 amide bonds. The molecule has 0 radical (unpaired) electrons. The fourth-order valence-electron chi connectivity index (χ4n) is 2.87. The minimum Gasteiger partial charge on any atom is -0.481 e. The molecule has 158 valence electrons. The third kappa shape index (κ3) is 10.6. The Morgan fingerprint density at radius 2 is 1.86 bits per heavy atom. The van der Waals surface area contributed by atoms with Gasteiger partial charge in [0.25, 0.3) is 0 Å². The molecule has 0 bridgehead atoms. The quantitative estimate of drug-likeness (QED) is 0.358. The summed E-state index contributed by atoms with van der Waals surface area (Å²) in [5.41, 5.74) is 0. The first-order valence-corrected chi connectivity index (χ1v) is 9.98. The van der Waals surface area contributed by atoms with E-state index in [4.69, 9.17) is 9.84 Å². The molecular formula is C22H34O6. The molecule has 0 spiro atoms. The molecule has 0 aliphatic carbocycles. The van der Waals surface area contributed by atoms with Gasteiger partial charge in [-0.15, -0.1) is 0 Å². The van der Waals surface area contributed by atoms with Gasteiger partial charge in [-0.25, -0.2) is 0 Å². The Morgan fingerprint density at radius 3 is 2.57 bits per heavy atom. The van der Waals surface area contributed by atoms with Crippen LogP contribution in [-0.4, -0.2) is 56.9 Å². The van der Waals surface area contributed by atoms with E-state index in [9.17, 15) is 20.1 Å². The summed E-state index contributed by atoms with van der Waals surface area (Å²) in [6.07, 6.45) is 15.3. The Hall–Kier alpha value is -1.73. The predicted molar refractivity (Wildman–Crippen MR) is 109 cm³/mol. The molecule has 1 saturated heterocycles. The zero-order chi connectivity index (χ0) is 20.8. The SMILES string of the molecule is CC/C=C\C[C@@H]1O[C@@H]([C@@H](O)/C=C/[C@@H](O)C/C=C\C/C=C\CCC(=O)O)C[C@H]1O. The van der Waals surface area contributed by atoms with Crippen LogP contribution in [0.2, 0.25) is 0 Å². The molecule has 6 nitrogen and oxygen atoms in total. The van der Waals surface area contributed by atoms with Crippen LogP contribution in [0.5, 0.6) is 0 Å². The molecule has 28 heavy (non-hydrogen) atoms. The number of carboxylic acids is 1. The molecule has 0 aromatic heterocycles. The number of hydrogen-bond acceptors (Lipinski definition) is 5. The highest BCUT2D eigenvalue weighted by Crippen LogP contribution is 2.26. The van der Waals surface area contributed by atoms with E-state index in [1.54, 1.807) is 0 Å². The number of allylic oxidation sites excluding steroid dienone is 4. The van der Waals surface area contributed by atoms with Gasteiger partial charge >= 0.3 is 5.97 Å². The fourth-order valence-corrected chi connectivity index (χ4v) is 2.87. The lowest BCUT2D eigenvalue weighted by Gasteiger charge is -2.16. The van der Waals surface area contributed by atoms with Crippen LogP contribution in [0.25, 0.3) is 0 Å². The zero-order valence-electron chi connectivity index (χ0n) is 16.6. The Kier molecular flexibility index (Phi) is 12.4. The first-order chi connectivity index (χ1) is 13.4. The van der Waals surface area contributed by atoms with Crippen molar-refractivity contribution in [1.82, 2.24) is 0 Å². The van der Waals surface area contributed by atoms with Crippen LogP contribution in [-0.2, 0) is 9.53 Å². The molecule has 6 heteroatoms. The Balaban J connectivity index is 2.28. The van der Waals surface area contributed by atoms with Gasteiger partial charge in [-0.1, -0.05) is 55.5 Å². The maximum Gasteiger partial charge on any atom is 0.303 e. The molecular weight excluding hydrogens is 360 g/mol. The molecule has 5 atom stereocenters. The van der Waals surface area contributed by atoms with Crippen LogP contribution < -0.4 is 0 Å². The summed E-state index contributed by atoms with van der Waals surface area (Å²) in [6, 6.07) is 0. The highest BCUT2D eigenvalue weighted by Gasteiger charge is 2.36. The van der Waals surface area contributed by atoms with E-state index in [1.807, 2.05) is 43.4 Å². The second-order valence-electron chi connectivity index (χ2n) is 6.92. The summed E-state index contributed by atoms with van der Waals surface area (Å²) >= 11 is 0. The molecule has 4 N–H and O–H groups in total. The molecule has 0 aromatic carbocycles. The van der Waals surface area contributed by atoms with Gasteiger partial charge in [-0.05, 0) is 32.1 Å². The summed E-state index contributed by atoms with van der Waals surface area (Å²) < 4.78 is 5.73. The lowest BCUT2D eigenvalue weighted by atomic mass is 10.0. The van der Waals surface area contributed by atoms with Gasteiger partial charge < -0.3 is 25.2 Å². The summed E-state index contributed by atoms with van der Waals surface area (Å²) in [5, 5.41) is 38.7. The number of ether oxygens (including phenoxy) is 1. The van der Waals surface area contributed by atoms with Crippen LogP contribution in [0.3, 0.4) is 0 Å². The van der Waals surface area contributed by atoms with Crippen molar-refractivity contribution in [3.8, 4) is 0 Å². The van der Waals surface area contributed by atoms with Crippen LogP contribution >= 0.6 is 0 Å². The molecule has 0 aromatic rings. The van der Waals surface area contributed by atoms with Gasteiger partial charge in [0, 0.05) is 12.8 Å². The monoisotopic (exact) mass is 394 g/mol. The van der Waals surface area contributed by atoms with E-state index in [1.165, 1.54) is 12.2 Å². The van der Waals surface area contributed by atoms with Crippen LogP contribution in [0.4, 0.5) is 0 Å². The highest BCUT2D eigenvalue weighted by atomic mass is 16.5. The normalized spacial score (nSPS) is 25.5. The number of hydrogen-bond donors (Lipinski definition) is 4. The average Bonchev–Trinajstić information content (AvgIpc) is 3.02. The fraction of sp³-hybridized carbons (Fsp3) is 0.591. The minimum atomic E-state index is -0.870. The van der Waals surface area contributed by atoms with Gasteiger partial charge in [0.1, 0.15) is 0 Å². The van der Waals surface area contributed by atoms with Crippen molar-refractivity contribution in [2.45, 2.75) is 82.4 Å². The maximum atomic E-state index is 10.4. The summed E-state index contributed by atoms with van der Waals surface area (Å²) in [6.45, 7) is 2.04. The first kappa shape index (κ1) is 24.3. The molecule has 1 aliphatic heterocycles. The molecule has 1 fully saturated rings. The number of aliphatic hydroxyl groups excluding tert-OH is 3. The van der Waals surface area contributed by atoms with E-state index >= 15 is 0 Å². The van der Waals surface area contributed by atoms with Crippen LogP contribution in [0.1, 0.15) is 51.9 Å². The second kappa shape index (κ2) is 14.3. The molecule has 1 aliphatic rings. The zero-order valence-corrected chi connectivity index (χ0v) is 16.6. The number of carbonyl (C=O) groups is 1. The van der Waals surface area contributed by atoms with E-state index in [0.29, 0.717) is 32.1 Å². The summed E-state index contributed by atoms with van der Waals surface area (Å²) in [5.74, 6) is -0.807. The smallest absolute Gasteiger partial charge is 0.303 e. The van der Waals surface area contributed by atoms with Crippen molar-refractivity contribution in [1.29, 1.82) is 0 Å². The molecule has 1 heterocycles. The summed E-state index contributed by atoms with van der Waals surface area (Å²) in [7, 11) is 0. The third-order valence-electron chi connectivity index (χ3n) is 4.44. The van der Waals surface area contributed by atoms with Crippen molar-refractivity contribution >= 4 is 5.97 Å². The Bertz CT molecular complexity index is 551. The van der Waals surface area contributed by atoms with Crippen molar-refractivity contribution < 1.29 is 30.0 Å². The average molecular weight is 395 g/mol. The van der Waals surface area contributed by atoms with Crippen molar-refractivity contribution in [2.75, 3.05) is 0 Å². The first-order valence-electron chi connectivity index (χ1n) is 9.98. The molecule has 0 saturated carbocycles. The maximum absolute atomic E-state index is 10.4. The number of rotatable bonds is 13. The Morgan fingerprint density at radius 1 is 1.11 bits per heavy atom. The summed E-state index contributed by atoms with van der Waals surface area (Å²) in [4.78, 5) is 10.4. The van der Waals surface area contributed by atoms with E-state index in [2.05, 4.69) is 0 Å². The van der Waals surface area contributed by atoms with Gasteiger partial charge in [0.05, 0.1) is 30.5 Å². The van der Waals surface area contributed by atoms with Gasteiger partial charge in [0.15, 0.2) is 0 Å². The lowest BCUT2D eigenvalue weighted by molar-refractivity contribution is -0.136. The Labute approximate surface area is 167 Å². The van der Waals surface area contributed by atoms with Gasteiger partial charge in [-0.3, -0.25) is 4.79 Å². The van der Waals surface area contributed by atoms with Crippen LogP contribution in [0.15, 0.2) is 48.6 Å². The predicted octanol–water partition coefficient (Wildman–Crippen LogP) is 2.90. The molecule has 0 unspecified atom stereocenters. The second-order valence-corrected chi connectivity index (χ2v) is 6.92. The third-order valence-corrected chi connectivity index (χ3v) is 4.44. The van der Waals surface area contributed by atoms with Gasteiger partial charge in [-0.2, -0.15) is 0 Å². The highest BCUT2D eigenvalue weighted by molar-refractivity contribution is 5.66. The van der Waals surface area contributed by atoms with E-state index < -0.39 is 30.4 Å².